The van der Waals surface area contributed by atoms with Gasteiger partial charge in [0.1, 0.15) is 6.61 Å². The molecule has 4 nitrogen and oxygen atoms in total. The molecule has 0 rings (SSSR count). The molecule has 0 aromatic rings. The zero-order chi connectivity index (χ0) is 9.94. The average molecular weight is 190 g/mol. The minimum absolute atomic E-state index is 0.0347. The van der Waals surface area contributed by atoms with Crippen LogP contribution >= 0.6 is 0 Å². The van der Waals surface area contributed by atoms with Crippen LogP contribution in [0.3, 0.4) is 0 Å². The van der Waals surface area contributed by atoms with Crippen LogP contribution in [-0.4, -0.2) is 37.5 Å². The van der Waals surface area contributed by atoms with Crippen molar-refractivity contribution in [1.82, 2.24) is 0 Å². The van der Waals surface area contributed by atoms with Gasteiger partial charge in [0.05, 0.1) is 6.61 Å². The van der Waals surface area contributed by atoms with E-state index in [0.29, 0.717) is 13.2 Å². The summed E-state index contributed by atoms with van der Waals surface area (Å²) in [5.74, 6) is -0.315. The quantitative estimate of drug-likeness (QED) is 0.453. The highest BCUT2D eigenvalue weighted by molar-refractivity contribution is 5.70. The van der Waals surface area contributed by atoms with Crippen LogP contribution in [0.1, 0.15) is 26.2 Å². The maximum atomic E-state index is 10.7. The van der Waals surface area contributed by atoms with Crippen molar-refractivity contribution in [3.63, 3.8) is 0 Å². The van der Waals surface area contributed by atoms with Gasteiger partial charge in [0.15, 0.2) is 0 Å². The maximum Gasteiger partial charge on any atom is 0.332 e. The number of carbonyl (C=O) groups is 1. The Balaban J connectivity index is 3.02. The minimum Gasteiger partial charge on any atom is -0.464 e. The fraction of sp³-hybridized carbons (Fsp3) is 0.889. The molecule has 0 radical (unpaired) electrons. The molecule has 4 heteroatoms. The van der Waals surface area contributed by atoms with Crippen molar-refractivity contribution in [2.24, 2.45) is 0 Å². The molecular formula is C9H18O4. The first-order valence-electron chi connectivity index (χ1n) is 4.65. The fourth-order valence-corrected chi connectivity index (χ4v) is 0.851. The molecule has 78 valence electrons. The standard InChI is InChI=1S/C9H18O4/c1-2-13-9(11)8-12-7-5-3-4-6-10/h10H,2-8H2,1H3. The summed E-state index contributed by atoms with van der Waals surface area (Å²) in [4.78, 5) is 10.7. The molecule has 0 heterocycles. The van der Waals surface area contributed by atoms with Crippen molar-refractivity contribution in [2.45, 2.75) is 26.2 Å². The van der Waals surface area contributed by atoms with Crippen LogP contribution in [0.15, 0.2) is 0 Å². The monoisotopic (exact) mass is 190 g/mol. The Morgan fingerprint density at radius 3 is 2.69 bits per heavy atom. The Kier molecular flexibility index (Phi) is 9.03. The van der Waals surface area contributed by atoms with E-state index in [-0.39, 0.29) is 19.2 Å². The molecule has 0 aliphatic heterocycles. The first-order chi connectivity index (χ1) is 6.31. The number of unbranched alkanes of at least 4 members (excludes halogenated alkanes) is 2. The Labute approximate surface area is 78.8 Å². The number of ether oxygens (including phenoxy) is 2. The molecule has 0 atom stereocenters. The third-order valence-electron chi connectivity index (χ3n) is 1.47. The van der Waals surface area contributed by atoms with E-state index in [9.17, 15) is 4.79 Å². The number of carbonyl (C=O) groups excluding carboxylic acids is 1. The van der Waals surface area contributed by atoms with E-state index in [2.05, 4.69) is 4.74 Å². The summed E-state index contributed by atoms with van der Waals surface area (Å²) >= 11 is 0. The van der Waals surface area contributed by atoms with Gasteiger partial charge in [0.2, 0.25) is 0 Å². The van der Waals surface area contributed by atoms with Crippen molar-refractivity contribution >= 4 is 5.97 Å². The Bertz CT molecular complexity index is 125. The molecule has 0 aliphatic rings. The van der Waals surface area contributed by atoms with E-state index in [1.807, 2.05) is 0 Å². The minimum atomic E-state index is -0.315. The van der Waals surface area contributed by atoms with Gasteiger partial charge in [-0.15, -0.1) is 0 Å². The summed E-state index contributed by atoms with van der Waals surface area (Å²) in [5, 5.41) is 8.47. The van der Waals surface area contributed by atoms with Gasteiger partial charge in [0, 0.05) is 13.2 Å². The molecule has 0 bridgehead atoms. The summed E-state index contributed by atoms with van der Waals surface area (Å²) in [6.07, 6.45) is 2.60. The third kappa shape index (κ3) is 9.30. The van der Waals surface area contributed by atoms with Crippen LogP contribution < -0.4 is 0 Å². The first-order valence-corrected chi connectivity index (χ1v) is 4.65. The molecule has 0 unspecified atom stereocenters. The van der Waals surface area contributed by atoms with Gasteiger partial charge in [-0.05, 0) is 26.2 Å². The number of hydrogen-bond donors (Lipinski definition) is 1. The second-order valence-corrected chi connectivity index (χ2v) is 2.64. The zero-order valence-corrected chi connectivity index (χ0v) is 8.12. The zero-order valence-electron chi connectivity index (χ0n) is 8.12. The molecule has 0 spiro atoms. The van der Waals surface area contributed by atoms with Gasteiger partial charge >= 0.3 is 5.97 Å². The molecule has 1 N–H and O–H groups in total. The maximum absolute atomic E-state index is 10.7. The van der Waals surface area contributed by atoms with E-state index in [1.165, 1.54) is 0 Å². The van der Waals surface area contributed by atoms with Crippen LogP contribution in [0.4, 0.5) is 0 Å². The van der Waals surface area contributed by atoms with E-state index in [0.717, 1.165) is 19.3 Å². The topological polar surface area (TPSA) is 55.8 Å². The summed E-state index contributed by atoms with van der Waals surface area (Å²) in [5.41, 5.74) is 0. The molecule has 0 saturated carbocycles. The summed E-state index contributed by atoms with van der Waals surface area (Å²) in [6.45, 7) is 2.97. The number of hydrogen-bond acceptors (Lipinski definition) is 4. The van der Waals surface area contributed by atoms with Gasteiger partial charge in [-0.25, -0.2) is 4.79 Å². The first kappa shape index (κ1) is 12.4. The lowest BCUT2D eigenvalue weighted by atomic mass is 10.2. The van der Waals surface area contributed by atoms with Gasteiger partial charge in [-0.1, -0.05) is 0 Å². The van der Waals surface area contributed by atoms with Crippen LogP contribution in [0.5, 0.6) is 0 Å². The largest absolute Gasteiger partial charge is 0.464 e. The number of aliphatic hydroxyl groups is 1. The van der Waals surface area contributed by atoms with E-state index >= 15 is 0 Å². The van der Waals surface area contributed by atoms with Crippen molar-refractivity contribution in [1.29, 1.82) is 0 Å². The van der Waals surface area contributed by atoms with E-state index in [4.69, 9.17) is 9.84 Å². The summed E-state index contributed by atoms with van der Waals surface area (Å²) in [7, 11) is 0. The Morgan fingerprint density at radius 1 is 1.31 bits per heavy atom. The van der Waals surface area contributed by atoms with Crippen LogP contribution in [-0.2, 0) is 14.3 Å². The highest BCUT2D eigenvalue weighted by atomic mass is 16.6. The van der Waals surface area contributed by atoms with E-state index < -0.39 is 0 Å². The number of esters is 1. The lowest BCUT2D eigenvalue weighted by Crippen LogP contribution is -2.12. The van der Waals surface area contributed by atoms with Crippen LogP contribution in [0.2, 0.25) is 0 Å². The van der Waals surface area contributed by atoms with E-state index in [1.54, 1.807) is 6.92 Å². The molecule has 0 saturated heterocycles. The molecule has 0 amide bonds. The average Bonchev–Trinajstić information content (AvgIpc) is 2.11. The summed E-state index contributed by atoms with van der Waals surface area (Å²) in [6, 6.07) is 0. The lowest BCUT2D eigenvalue weighted by Gasteiger charge is -2.03. The highest BCUT2D eigenvalue weighted by Crippen LogP contribution is 1.94. The highest BCUT2D eigenvalue weighted by Gasteiger charge is 1.99. The number of rotatable bonds is 8. The normalized spacial score (nSPS) is 10.0. The second-order valence-electron chi connectivity index (χ2n) is 2.64. The van der Waals surface area contributed by atoms with Gasteiger partial charge in [-0.2, -0.15) is 0 Å². The van der Waals surface area contributed by atoms with Crippen molar-refractivity contribution < 1.29 is 19.4 Å². The van der Waals surface area contributed by atoms with Gasteiger partial charge in [-0.3, -0.25) is 0 Å². The van der Waals surface area contributed by atoms with Crippen molar-refractivity contribution in [3.8, 4) is 0 Å². The molecule has 0 aliphatic carbocycles. The Morgan fingerprint density at radius 2 is 2.08 bits per heavy atom. The van der Waals surface area contributed by atoms with Crippen LogP contribution in [0.25, 0.3) is 0 Å². The SMILES string of the molecule is CCOC(=O)COCCCCCO. The Hall–Kier alpha value is -0.610. The molecule has 0 aromatic heterocycles. The van der Waals surface area contributed by atoms with Crippen LogP contribution in [0, 0.1) is 0 Å². The predicted molar refractivity (Wildman–Crippen MR) is 48.4 cm³/mol. The van der Waals surface area contributed by atoms with Gasteiger partial charge in [0.25, 0.3) is 0 Å². The third-order valence-corrected chi connectivity index (χ3v) is 1.47. The molecule has 13 heavy (non-hydrogen) atoms. The van der Waals surface area contributed by atoms with Crippen molar-refractivity contribution in [2.75, 3.05) is 26.4 Å². The molecular weight excluding hydrogens is 172 g/mol. The molecule has 0 aromatic carbocycles. The second kappa shape index (κ2) is 9.48. The van der Waals surface area contributed by atoms with Gasteiger partial charge < -0.3 is 14.6 Å². The predicted octanol–water partition coefficient (Wildman–Crippen LogP) is 0.729. The molecule has 0 fully saturated rings. The fourth-order valence-electron chi connectivity index (χ4n) is 0.851. The lowest BCUT2D eigenvalue weighted by molar-refractivity contribution is -0.148. The number of aliphatic hydroxyl groups excluding tert-OH is 1. The smallest absolute Gasteiger partial charge is 0.332 e. The summed E-state index contributed by atoms with van der Waals surface area (Å²) < 4.78 is 9.70. The van der Waals surface area contributed by atoms with Crippen molar-refractivity contribution in [3.05, 3.63) is 0 Å².